The summed E-state index contributed by atoms with van der Waals surface area (Å²) in [6.45, 7) is 27.8. The van der Waals surface area contributed by atoms with Crippen molar-refractivity contribution in [2.24, 2.45) is 0 Å². The van der Waals surface area contributed by atoms with E-state index >= 15 is 0 Å². The second-order valence-electron chi connectivity index (χ2n) is 6.41. The molecule has 0 radical (unpaired) electrons. The quantitative estimate of drug-likeness (QED) is 0.506. The van der Waals surface area contributed by atoms with E-state index in [4.69, 9.17) is 0 Å². The van der Waals surface area contributed by atoms with Crippen LogP contribution < -0.4 is 0 Å². The van der Waals surface area contributed by atoms with Crippen LogP contribution in [-0.2, 0) is 12.8 Å². The molecular weight excluding hydrogens is 324 g/mol. The van der Waals surface area contributed by atoms with Gasteiger partial charge in [0.2, 0.25) is 0 Å². The molecule has 0 saturated carbocycles. The third kappa shape index (κ3) is 7.17. The van der Waals surface area contributed by atoms with Gasteiger partial charge >= 0.3 is 0 Å². The molecule has 0 aliphatic heterocycles. The molecule has 0 bridgehead atoms. The molecule has 0 saturated heterocycles. The van der Waals surface area contributed by atoms with E-state index in [1.165, 1.54) is 50.1 Å². The second-order valence-corrected chi connectivity index (χ2v) is 6.41. The van der Waals surface area contributed by atoms with Crippen LogP contribution in [0, 0.1) is 41.5 Å². The van der Waals surface area contributed by atoms with Crippen molar-refractivity contribution in [1.29, 1.82) is 0 Å². The standard InChI is InChI=1S/C21H28.3C2H6/c1-8-19-11-15(4)21(18(7)17(19)6)12-20-14(3)10-9-13(2)16(20)5;3*1-2/h9-11H,8,12H2,1-7H3;3*1-2H3. The lowest BCUT2D eigenvalue weighted by atomic mass is 9.86. The molecule has 0 fully saturated rings. The van der Waals surface area contributed by atoms with Gasteiger partial charge in [-0.15, -0.1) is 0 Å². The Hall–Kier alpha value is -1.56. The zero-order valence-corrected chi connectivity index (χ0v) is 20.6. The third-order valence-electron chi connectivity index (χ3n) is 5.20. The van der Waals surface area contributed by atoms with Crippen molar-refractivity contribution in [1.82, 2.24) is 0 Å². The zero-order chi connectivity index (χ0) is 21.7. The molecule has 154 valence electrons. The number of rotatable bonds is 3. The molecule has 2 aromatic rings. The maximum Gasteiger partial charge on any atom is -0.00151 e. The van der Waals surface area contributed by atoms with Crippen molar-refractivity contribution >= 4 is 0 Å². The van der Waals surface area contributed by atoms with Gasteiger partial charge in [0.05, 0.1) is 0 Å². The molecule has 0 aliphatic rings. The minimum atomic E-state index is 1.06. The van der Waals surface area contributed by atoms with Gasteiger partial charge < -0.3 is 0 Å². The summed E-state index contributed by atoms with van der Waals surface area (Å²) in [5, 5.41) is 0. The maximum atomic E-state index is 2.39. The van der Waals surface area contributed by atoms with Crippen LogP contribution in [0.1, 0.15) is 98.5 Å². The van der Waals surface area contributed by atoms with Gasteiger partial charge in [-0.1, -0.05) is 66.7 Å². The molecule has 0 aliphatic carbocycles. The highest BCUT2D eigenvalue weighted by Crippen LogP contribution is 2.28. The molecule has 0 aromatic heterocycles. The van der Waals surface area contributed by atoms with E-state index < -0.39 is 0 Å². The normalized spacial score (nSPS) is 9.22. The summed E-state index contributed by atoms with van der Waals surface area (Å²) in [4.78, 5) is 0. The lowest BCUT2D eigenvalue weighted by Gasteiger charge is -2.19. The molecule has 0 heteroatoms. The van der Waals surface area contributed by atoms with Gasteiger partial charge in [0, 0.05) is 0 Å². The summed E-state index contributed by atoms with van der Waals surface area (Å²) in [6, 6.07) is 6.88. The van der Waals surface area contributed by atoms with Gasteiger partial charge in [0.1, 0.15) is 0 Å². The van der Waals surface area contributed by atoms with E-state index in [1.54, 1.807) is 0 Å². The van der Waals surface area contributed by atoms with Crippen LogP contribution >= 0.6 is 0 Å². The minimum absolute atomic E-state index is 1.06. The largest absolute Gasteiger partial charge is 0.0683 e. The first-order chi connectivity index (χ1) is 12.9. The van der Waals surface area contributed by atoms with Crippen molar-refractivity contribution in [3.05, 3.63) is 68.3 Å². The Kier molecular flexibility index (Phi) is 14.8. The van der Waals surface area contributed by atoms with Gasteiger partial charge in [0.15, 0.2) is 0 Å². The zero-order valence-electron chi connectivity index (χ0n) is 20.6. The fraction of sp³-hybridized carbons (Fsp3) is 0.556. The molecule has 0 unspecified atom stereocenters. The first-order valence-electron chi connectivity index (χ1n) is 11.0. The monoisotopic (exact) mass is 370 g/mol. The van der Waals surface area contributed by atoms with Gasteiger partial charge in [0.25, 0.3) is 0 Å². The summed E-state index contributed by atoms with van der Waals surface area (Å²) in [5.41, 5.74) is 13.2. The highest BCUT2D eigenvalue weighted by molar-refractivity contribution is 5.49. The summed E-state index contributed by atoms with van der Waals surface area (Å²) >= 11 is 0. The van der Waals surface area contributed by atoms with E-state index in [0.29, 0.717) is 0 Å². The van der Waals surface area contributed by atoms with Crippen LogP contribution in [0.25, 0.3) is 0 Å². The van der Waals surface area contributed by atoms with Gasteiger partial charge in [-0.2, -0.15) is 0 Å². The first kappa shape index (κ1) is 27.7. The van der Waals surface area contributed by atoms with Crippen LogP contribution in [0.4, 0.5) is 0 Å². The van der Waals surface area contributed by atoms with Crippen molar-refractivity contribution in [3.8, 4) is 0 Å². The smallest absolute Gasteiger partial charge is 0.00151 e. The molecule has 2 aromatic carbocycles. The van der Waals surface area contributed by atoms with E-state index in [9.17, 15) is 0 Å². The molecule has 0 atom stereocenters. The SMILES string of the molecule is CC.CC.CC.CCc1cc(C)c(Cc2c(C)ccc(C)c2C)c(C)c1C. The Morgan fingerprint density at radius 3 is 1.48 bits per heavy atom. The van der Waals surface area contributed by atoms with Crippen LogP contribution in [0.5, 0.6) is 0 Å². The van der Waals surface area contributed by atoms with Crippen molar-refractivity contribution < 1.29 is 0 Å². The maximum absolute atomic E-state index is 2.39. The lowest BCUT2D eigenvalue weighted by molar-refractivity contribution is 1.02. The average Bonchev–Trinajstić information content (AvgIpc) is 2.71. The van der Waals surface area contributed by atoms with Gasteiger partial charge in [-0.05, 0) is 104 Å². The Labute approximate surface area is 171 Å². The molecule has 0 heterocycles. The second kappa shape index (κ2) is 14.5. The van der Waals surface area contributed by atoms with Crippen molar-refractivity contribution in [2.75, 3.05) is 0 Å². The fourth-order valence-corrected chi connectivity index (χ4v) is 3.32. The number of benzene rings is 2. The Balaban J connectivity index is 0. The number of hydrogen-bond donors (Lipinski definition) is 0. The molecule has 2 rings (SSSR count). The summed E-state index contributed by atoms with van der Waals surface area (Å²) < 4.78 is 0. The Morgan fingerprint density at radius 1 is 0.556 bits per heavy atom. The lowest BCUT2D eigenvalue weighted by Crippen LogP contribution is -2.04. The van der Waals surface area contributed by atoms with E-state index in [1.807, 2.05) is 41.5 Å². The highest BCUT2D eigenvalue weighted by Gasteiger charge is 2.13. The molecule has 0 N–H and O–H groups in total. The Bertz CT molecular complexity index is 675. The minimum Gasteiger partial charge on any atom is -0.0683 e. The molecular formula is C27H46. The molecule has 0 nitrogen and oxygen atoms in total. The highest BCUT2D eigenvalue weighted by atomic mass is 14.2. The molecule has 27 heavy (non-hydrogen) atoms. The number of hydrogen-bond acceptors (Lipinski definition) is 0. The predicted molar refractivity (Wildman–Crippen MR) is 128 cm³/mol. The predicted octanol–water partition coefficient (Wildman–Crippen LogP) is 8.77. The van der Waals surface area contributed by atoms with Gasteiger partial charge in [-0.25, -0.2) is 0 Å². The average molecular weight is 371 g/mol. The third-order valence-corrected chi connectivity index (χ3v) is 5.20. The van der Waals surface area contributed by atoms with Crippen LogP contribution in [0.3, 0.4) is 0 Å². The molecule has 0 amide bonds. The first-order valence-corrected chi connectivity index (χ1v) is 11.0. The topological polar surface area (TPSA) is 0 Å². The molecule has 0 spiro atoms. The Morgan fingerprint density at radius 2 is 1.00 bits per heavy atom. The van der Waals surface area contributed by atoms with Crippen LogP contribution in [-0.4, -0.2) is 0 Å². The van der Waals surface area contributed by atoms with Crippen LogP contribution in [0.15, 0.2) is 18.2 Å². The van der Waals surface area contributed by atoms with E-state index in [0.717, 1.165) is 12.8 Å². The van der Waals surface area contributed by atoms with Gasteiger partial charge in [-0.3, -0.25) is 0 Å². The summed E-state index contributed by atoms with van der Waals surface area (Å²) in [5.74, 6) is 0. The van der Waals surface area contributed by atoms with Crippen molar-refractivity contribution in [2.45, 2.75) is 103 Å². The summed E-state index contributed by atoms with van der Waals surface area (Å²) in [7, 11) is 0. The van der Waals surface area contributed by atoms with E-state index in [-0.39, 0.29) is 0 Å². The number of aryl methyl sites for hydroxylation is 4. The van der Waals surface area contributed by atoms with Crippen molar-refractivity contribution in [3.63, 3.8) is 0 Å². The fourth-order valence-electron chi connectivity index (χ4n) is 3.32. The van der Waals surface area contributed by atoms with E-state index in [2.05, 4.69) is 66.7 Å². The summed E-state index contributed by atoms with van der Waals surface area (Å²) in [6.07, 6.45) is 2.18. The van der Waals surface area contributed by atoms with Crippen LogP contribution in [0.2, 0.25) is 0 Å².